The molecular weight excluding hydrogens is 532 g/mol. The molecule has 0 radical (unpaired) electrons. The van der Waals surface area contributed by atoms with Gasteiger partial charge in [0.25, 0.3) is 5.91 Å². The van der Waals surface area contributed by atoms with Gasteiger partial charge in [0.2, 0.25) is 0 Å². The van der Waals surface area contributed by atoms with Crippen molar-refractivity contribution in [3.63, 3.8) is 0 Å². The molecule has 0 saturated heterocycles. The largest absolute Gasteiger partial charge is 0.497 e. The highest BCUT2D eigenvalue weighted by molar-refractivity contribution is 6.30. The van der Waals surface area contributed by atoms with Gasteiger partial charge >= 0.3 is 5.97 Å². The van der Waals surface area contributed by atoms with Crippen molar-refractivity contribution in [1.29, 1.82) is 0 Å². The number of halogens is 1. The SMILES string of the molecule is CCOc1cc(C=NNC(=O)c2ccc(OCc3ccc(Cl)cc3)cc2)ccc1OC(=O)c1ccc(OC)cc1. The Morgan fingerprint density at radius 3 is 2.17 bits per heavy atom. The van der Waals surface area contributed by atoms with Gasteiger partial charge in [-0.3, -0.25) is 4.79 Å². The van der Waals surface area contributed by atoms with Crippen molar-refractivity contribution in [3.8, 4) is 23.0 Å². The lowest BCUT2D eigenvalue weighted by Crippen LogP contribution is -2.17. The Balaban J connectivity index is 1.33. The van der Waals surface area contributed by atoms with Gasteiger partial charge in [-0.05, 0) is 96.9 Å². The fourth-order valence-electron chi connectivity index (χ4n) is 3.52. The predicted molar refractivity (Wildman–Crippen MR) is 153 cm³/mol. The number of amides is 1. The molecule has 9 heteroatoms. The lowest BCUT2D eigenvalue weighted by atomic mass is 10.2. The van der Waals surface area contributed by atoms with Crippen molar-refractivity contribution in [2.45, 2.75) is 13.5 Å². The van der Waals surface area contributed by atoms with E-state index in [2.05, 4.69) is 10.5 Å². The molecular formula is C31H27ClN2O6. The Bertz CT molecular complexity index is 1470. The second-order valence-electron chi connectivity index (χ2n) is 8.40. The first-order valence-electron chi connectivity index (χ1n) is 12.4. The van der Waals surface area contributed by atoms with E-state index in [9.17, 15) is 9.59 Å². The fourth-order valence-corrected chi connectivity index (χ4v) is 3.65. The van der Waals surface area contributed by atoms with E-state index in [-0.39, 0.29) is 11.7 Å². The van der Waals surface area contributed by atoms with Crippen LogP contribution in [0.15, 0.2) is 96.1 Å². The van der Waals surface area contributed by atoms with Gasteiger partial charge < -0.3 is 18.9 Å². The number of hydrogen-bond acceptors (Lipinski definition) is 7. The van der Waals surface area contributed by atoms with Gasteiger partial charge in [-0.2, -0.15) is 5.10 Å². The predicted octanol–water partition coefficient (Wildman–Crippen LogP) is 6.31. The third kappa shape index (κ3) is 7.85. The number of esters is 1. The molecule has 40 heavy (non-hydrogen) atoms. The molecule has 0 aliphatic heterocycles. The third-order valence-corrected chi connectivity index (χ3v) is 5.86. The van der Waals surface area contributed by atoms with Crippen LogP contribution in [0.2, 0.25) is 5.02 Å². The van der Waals surface area contributed by atoms with Crippen LogP contribution in [0.4, 0.5) is 0 Å². The van der Waals surface area contributed by atoms with Crippen LogP contribution >= 0.6 is 11.6 Å². The molecule has 4 aromatic carbocycles. The van der Waals surface area contributed by atoms with E-state index in [1.54, 1.807) is 86.0 Å². The topological polar surface area (TPSA) is 95.5 Å². The molecule has 4 rings (SSSR count). The molecule has 1 N–H and O–H groups in total. The van der Waals surface area contributed by atoms with Crippen LogP contribution in [0.3, 0.4) is 0 Å². The molecule has 0 aliphatic carbocycles. The highest BCUT2D eigenvalue weighted by Crippen LogP contribution is 2.29. The number of rotatable bonds is 11. The number of nitrogens with zero attached hydrogens (tertiary/aromatic N) is 1. The summed E-state index contributed by atoms with van der Waals surface area (Å²) in [6.45, 7) is 2.57. The van der Waals surface area contributed by atoms with Crippen LogP contribution in [-0.2, 0) is 6.61 Å². The maximum Gasteiger partial charge on any atom is 0.343 e. The molecule has 8 nitrogen and oxygen atoms in total. The monoisotopic (exact) mass is 558 g/mol. The molecule has 204 valence electrons. The first-order chi connectivity index (χ1) is 19.4. The van der Waals surface area contributed by atoms with Gasteiger partial charge in [0.05, 0.1) is 25.5 Å². The zero-order valence-corrected chi connectivity index (χ0v) is 22.7. The van der Waals surface area contributed by atoms with Crippen LogP contribution < -0.4 is 24.4 Å². The minimum atomic E-state index is -0.529. The smallest absolute Gasteiger partial charge is 0.343 e. The first-order valence-corrected chi connectivity index (χ1v) is 12.8. The van der Waals surface area contributed by atoms with Crippen molar-refractivity contribution < 1.29 is 28.5 Å². The molecule has 0 heterocycles. The summed E-state index contributed by atoms with van der Waals surface area (Å²) in [4.78, 5) is 25.1. The summed E-state index contributed by atoms with van der Waals surface area (Å²) in [5.74, 6) is 0.995. The summed E-state index contributed by atoms with van der Waals surface area (Å²) >= 11 is 5.90. The molecule has 0 spiro atoms. The number of benzene rings is 4. The fraction of sp³-hybridized carbons (Fsp3) is 0.129. The molecule has 0 atom stereocenters. The van der Waals surface area contributed by atoms with Crippen molar-refractivity contribution in [2.75, 3.05) is 13.7 Å². The van der Waals surface area contributed by atoms with Crippen LogP contribution in [0, 0.1) is 0 Å². The van der Waals surface area contributed by atoms with Crippen molar-refractivity contribution in [2.24, 2.45) is 5.10 Å². The minimum Gasteiger partial charge on any atom is -0.497 e. The van der Waals surface area contributed by atoms with E-state index in [1.807, 2.05) is 19.1 Å². The summed E-state index contributed by atoms with van der Waals surface area (Å²) in [7, 11) is 1.55. The van der Waals surface area contributed by atoms with Crippen molar-refractivity contribution in [1.82, 2.24) is 5.43 Å². The highest BCUT2D eigenvalue weighted by Gasteiger charge is 2.13. The number of methoxy groups -OCH3 is 1. The molecule has 0 fully saturated rings. The molecule has 1 amide bonds. The quantitative estimate of drug-likeness (QED) is 0.100. The number of hydrazone groups is 1. The Morgan fingerprint density at radius 2 is 1.50 bits per heavy atom. The van der Waals surface area contributed by atoms with Crippen LogP contribution in [0.1, 0.15) is 38.8 Å². The Labute approximate surface area is 237 Å². The minimum absolute atomic E-state index is 0.266. The van der Waals surface area contributed by atoms with Gasteiger partial charge in [-0.15, -0.1) is 0 Å². The first kappa shape index (κ1) is 28.2. The van der Waals surface area contributed by atoms with Gasteiger partial charge in [0.1, 0.15) is 18.1 Å². The van der Waals surface area contributed by atoms with Crippen LogP contribution in [0.25, 0.3) is 0 Å². The summed E-state index contributed by atoms with van der Waals surface area (Å²) < 4.78 is 22.1. The summed E-state index contributed by atoms with van der Waals surface area (Å²) in [6.07, 6.45) is 1.47. The van der Waals surface area contributed by atoms with E-state index in [1.165, 1.54) is 6.21 Å². The van der Waals surface area contributed by atoms with Gasteiger partial charge in [0, 0.05) is 10.6 Å². The summed E-state index contributed by atoms with van der Waals surface area (Å²) in [5.41, 5.74) is 4.92. The van der Waals surface area contributed by atoms with Crippen LogP contribution in [-0.4, -0.2) is 31.8 Å². The Kier molecular flexibility index (Phi) is 9.74. The van der Waals surface area contributed by atoms with E-state index in [4.69, 9.17) is 30.5 Å². The second-order valence-corrected chi connectivity index (χ2v) is 8.83. The molecule has 0 saturated carbocycles. The number of carbonyl (C=O) groups excluding carboxylic acids is 2. The average molecular weight is 559 g/mol. The second kappa shape index (κ2) is 13.8. The lowest BCUT2D eigenvalue weighted by molar-refractivity contribution is 0.0728. The zero-order valence-electron chi connectivity index (χ0n) is 21.9. The zero-order chi connectivity index (χ0) is 28.3. The third-order valence-electron chi connectivity index (χ3n) is 5.61. The van der Waals surface area contributed by atoms with E-state index in [0.717, 1.165) is 5.56 Å². The average Bonchev–Trinajstić information content (AvgIpc) is 2.98. The molecule has 4 aromatic rings. The van der Waals surface area contributed by atoms with Crippen LogP contribution in [0.5, 0.6) is 23.0 Å². The summed E-state index contributed by atoms with van der Waals surface area (Å²) in [5, 5.41) is 4.70. The number of hydrogen-bond donors (Lipinski definition) is 1. The lowest BCUT2D eigenvalue weighted by Gasteiger charge is -2.11. The number of ether oxygens (including phenoxy) is 4. The molecule has 0 bridgehead atoms. The number of nitrogens with one attached hydrogen (secondary N) is 1. The normalized spacial score (nSPS) is 10.7. The van der Waals surface area contributed by atoms with Gasteiger partial charge in [-0.1, -0.05) is 23.7 Å². The maximum atomic E-state index is 12.6. The van der Waals surface area contributed by atoms with E-state index >= 15 is 0 Å². The Morgan fingerprint density at radius 1 is 0.825 bits per heavy atom. The molecule has 0 unspecified atom stereocenters. The van der Waals surface area contributed by atoms with E-state index < -0.39 is 5.97 Å². The van der Waals surface area contributed by atoms with E-state index in [0.29, 0.717) is 52.2 Å². The molecule has 0 aliphatic rings. The van der Waals surface area contributed by atoms with Crippen molar-refractivity contribution >= 4 is 29.7 Å². The summed E-state index contributed by atoms with van der Waals surface area (Å²) in [6, 6.07) is 25.7. The maximum absolute atomic E-state index is 12.6. The number of carbonyl (C=O) groups is 2. The van der Waals surface area contributed by atoms with Gasteiger partial charge in [0.15, 0.2) is 11.5 Å². The molecule has 0 aromatic heterocycles. The van der Waals surface area contributed by atoms with Crippen molar-refractivity contribution in [3.05, 3.63) is 118 Å². The van der Waals surface area contributed by atoms with Gasteiger partial charge in [-0.25, -0.2) is 10.2 Å². The standard InChI is InChI=1S/C31H27ClN2O6/c1-3-38-29-18-22(6-17-28(29)40-31(36)24-9-13-26(37-2)14-10-24)19-33-34-30(35)23-7-15-27(16-8-23)39-20-21-4-11-25(32)12-5-21/h4-19H,3,20H2,1-2H3,(H,34,35). The highest BCUT2D eigenvalue weighted by atomic mass is 35.5. The Hall–Kier alpha value is -4.82.